The molecular formula is C20H23N5O4. The van der Waals surface area contributed by atoms with Crippen LogP contribution in [0, 0.1) is 5.92 Å². The van der Waals surface area contributed by atoms with Crippen molar-refractivity contribution in [2.45, 2.75) is 26.4 Å². The Balaban J connectivity index is 1.98. The largest absolute Gasteiger partial charge is 0.409 e. The zero-order valence-corrected chi connectivity index (χ0v) is 16.1. The van der Waals surface area contributed by atoms with Crippen LogP contribution in [0.5, 0.6) is 0 Å². The van der Waals surface area contributed by atoms with Crippen LogP contribution in [0.2, 0.25) is 0 Å². The number of carbonyl (C=O) groups excluding carboxylic acids is 2. The van der Waals surface area contributed by atoms with Crippen LogP contribution >= 0.6 is 0 Å². The summed E-state index contributed by atoms with van der Waals surface area (Å²) >= 11 is 0. The molecular weight excluding hydrogens is 374 g/mol. The molecule has 29 heavy (non-hydrogen) atoms. The van der Waals surface area contributed by atoms with Crippen LogP contribution in [-0.4, -0.2) is 34.1 Å². The average molecular weight is 397 g/mol. The van der Waals surface area contributed by atoms with E-state index in [-0.39, 0.29) is 23.2 Å². The van der Waals surface area contributed by atoms with Gasteiger partial charge in [0.15, 0.2) is 5.84 Å². The summed E-state index contributed by atoms with van der Waals surface area (Å²) in [7, 11) is 0. The summed E-state index contributed by atoms with van der Waals surface area (Å²) in [6.07, 6.45) is 0. The average Bonchev–Trinajstić information content (AvgIpc) is 2.72. The number of hydrogen-bond donors (Lipinski definition) is 5. The van der Waals surface area contributed by atoms with Crippen LogP contribution in [0.4, 0.5) is 11.4 Å². The number of oxime groups is 1. The predicted octanol–water partition coefficient (Wildman–Crippen LogP) is 1.88. The van der Waals surface area contributed by atoms with E-state index in [1.54, 1.807) is 29.7 Å². The number of nitrogens with one attached hydrogen (secondary N) is 2. The smallest absolute Gasteiger partial charge is 0.274 e. The van der Waals surface area contributed by atoms with Gasteiger partial charge in [-0.05, 0) is 29.7 Å². The van der Waals surface area contributed by atoms with Crippen molar-refractivity contribution < 1.29 is 20.0 Å². The molecule has 3 rings (SSSR count). The van der Waals surface area contributed by atoms with Gasteiger partial charge >= 0.3 is 0 Å². The van der Waals surface area contributed by atoms with Crippen molar-refractivity contribution in [3.8, 4) is 0 Å². The Morgan fingerprint density at radius 2 is 1.90 bits per heavy atom. The molecule has 1 aliphatic heterocycles. The molecule has 0 spiro atoms. The highest BCUT2D eigenvalue weighted by atomic mass is 16.5. The van der Waals surface area contributed by atoms with E-state index in [0.717, 1.165) is 11.3 Å². The van der Waals surface area contributed by atoms with E-state index in [1.807, 2.05) is 30.9 Å². The molecule has 1 heterocycles. The maximum Gasteiger partial charge on any atom is 0.274 e. The van der Waals surface area contributed by atoms with Crippen molar-refractivity contribution in [3.63, 3.8) is 0 Å². The predicted molar refractivity (Wildman–Crippen MR) is 108 cm³/mol. The highest BCUT2D eigenvalue weighted by Crippen LogP contribution is 2.36. The number of benzene rings is 2. The molecule has 1 atom stereocenters. The molecule has 1 aliphatic rings. The second-order valence-electron chi connectivity index (χ2n) is 7.16. The van der Waals surface area contributed by atoms with Gasteiger partial charge in [0, 0.05) is 17.7 Å². The van der Waals surface area contributed by atoms with E-state index in [1.165, 1.54) is 6.07 Å². The van der Waals surface area contributed by atoms with Crippen LogP contribution in [0.15, 0.2) is 47.6 Å². The van der Waals surface area contributed by atoms with Gasteiger partial charge < -0.3 is 21.2 Å². The van der Waals surface area contributed by atoms with E-state index in [0.29, 0.717) is 17.8 Å². The topological polar surface area (TPSA) is 140 Å². The van der Waals surface area contributed by atoms with Gasteiger partial charge in [0.25, 0.3) is 5.91 Å². The van der Waals surface area contributed by atoms with Crippen molar-refractivity contribution in [2.75, 3.05) is 10.2 Å². The number of amidine groups is 1. The number of hydroxylamine groups is 1. The first kappa shape index (κ1) is 20.2. The second-order valence-corrected chi connectivity index (χ2v) is 7.16. The summed E-state index contributed by atoms with van der Waals surface area (Å²) in [6, 6.07) is 11.7. The molecule has 0 radical (unpaired) electrons. The van der Waals surface area contributed by atoms with Gasteiger partial charge in [0.1, 0.15) is 6.04 Å². The summed E-state index contributed by atoms with van der Waals surface area (Å²) in [5.74, 6) is -0.755. The lowest BCUT2D eigenvalue weighted by atomic mass is 9.96. The van der Waals surface area contributed by atoms with E-state index < -0.39 is 11.9 Å². The Bertz CT molecular complexity index is 956. The lowest BCUT2D eigenvalue weighted by Crippen LogP contribution is -2.50. The van der Waals surface area contributed by atoms with Gasteiger partial charge in [-0.2, -0.15) is 0 Å². The van der Waals surface area contributed by atoms with Crippen molar-refractivity contribution in [1.29, 1.82) is 0 Å². The van der Waals surface area contributed by atoms with E-state index in [9.17, 15) is 9.59 Å². The molecule has 2 aromatic rings. The Kier molecular flexibility index (Phi) is 5.69. The van der Waals surface area contributed by atoms with Gasteiger partial charge in [-0.25, -0.2) is 5.48 Å². The molecule has 0 aromatic heterocycles. The van der Waals surface area contributed by atoms with Crippen molar-refractivity contribution >= 4 is 29.0 Å². The van der Waals surface area contributed by atoms with Crippen LogP contribution in [0.3, 0.4) is 0 Å². The molecule has 2 aromatic carbocycles. The number of hydrogen-bond acceptors (Lipinski definition) is 6. The maximum absolute atomic E-state index is 12.8. The first-order chi connectivity index (χ1) is 13.8. The fourth-order valence-corrected chi connectivity index (χ4v) is 3.47. The first-order valence-corrected chi connectivity index (χ1v) is 9.08. The van der Waals surface area contributed by atoms with Crippen LogP contribution in [0.25, 0.3) is 0 Å². The quantitative estimate of drug-likeness (QED) is 0.172. The summed E-state index contributed by atoms with van der Waals surface area (Å²) in [4.78, 5) is 26.5. The molecule has 0 saturated carbocycles. The van der Waals surface area contributed by atoms with Crippen molar-refractivity contribution in [3.05, 3.63) is 59.2 Å². The molecule has 0 unspecified atom stereocenters. The Labute approximate surface area is 167 Å². The third-order valence-corrected chi connectivity index (χ3v) is 4.87. The SMILES string of the molecule is CC(C)[C@H]1C(=O)Nc2cc(C(=O)NO)ccc2N1Cc1ccc(/C(N)=N\O)cc1. The summed E-state index contributed by atoms with van der Waals surface area (Å²) in [5, 5.41) is 23.5. The Hall–Kier alpha value is -3.59. The van der Waals surface area contributed by atoms with Crippen LogP contribution in [-0.2, 0) is 11.3 Å². The number of amides is 2. The minimum Gasteiger partial charge on any atom is -0.409 e. The molecule has 2 amide bonds. The Morgan fingerprint density at radius 1 is 1.24 bits per heavy atom. The summed E-state index contributed by atoms with van der Waals surface area (Å²) < 4.78 is 0. The molecule has 0 aliphatic carbocycles. The molecule has 9 nitrogen and oxygen atoms in total. The normalized spacial score (nSPS) is 16.4. The molecule has 0 bridgehead atoms. The van der Waals surface area contributed by atoms with Crippen LogP contribution in [0.1, 0.15) is 35.3 Å². The molecule has 0 saturated heterocycles. The standard InChI is InChI=1S/C20H23N5O4/c1-11(2)17-20(27)22-15-9-14(19(26)24-29)7-8-16(15)25(17)10-12-3-5-13(6-4-12)18(21)23-28/h3-9,11,17,28-29H,10H2,1-2H3,(H2,21,23)(H,22,27)(H,24,26)/t17-/m0/s1. The van der Waals surface area contributed by atoms with Crippen LogP contribution < -0.4 is 21.4 Å². The minimum absolute atomic E-state index is 0.0222. The molecule has 0 fully saturated rings. The third-order valence-electron chi connectivity index (χ3n) is 4.87. The Morgan fingerprint density at radius 3 is 2.48 bits per heavy atom. The maximum atomic E-state index is 12.8. The highest BCUT2D eigenvalue weighted by Gasteiger charge is 2.35. The van der Waals surface area contributed by atoms with Gasteiger partial charge in [-0.3, -0.25) is 14.8 Å². The zero-order chi connectivity index (χ0) is 21.1. The first-order valence-electron chi connectivity index (χ1n) is 9.08. The molecule has 6 N–H and O–H groups in total. The summed E-state index contributed by atoms with van der Waals surface area (Å²) in [5.41, 5.74) is 10.2. The second kappa shape index (κ2) is 8.19. The van der Waals surface area contributed by atoms with E-state index >= 15 is 0 Å². The molecule has 152 valence electrons. The zero-order valence-electron chi connectivity index (χ0n) is 16.1. The number of carbonyl (C=O) groups is 2. The van der Waals surface area contributed by atoms with Gasteiger partial charge in [0.2, 0.25) is 5.91 Å². The van der Waals surface area contributed by atoms with Gasteiger partial charge in [0.05, 0.1) is 11.4 Å². The number of anilines is 2. The number of nitrogens with zero attached hydrogens (tertiary/aromatic N) is 2. The van der Waals surface area contributed by atoms with Gasteiger partial charge in [-0.1, -0.05) is 43.3 Å². The number of rotatable bonds is 5. The number of fused-ring (bicyclic) bond motifs is 1. The number of nitrogens with two attached hydrogens (primary N) is 1. The fourth-order valence-electron chi connectivity index (χ4n) is 3.47. The lowest BCUT2D eigenvalue weighted by Gasteiger charge is -2.40. The van der Waals surface area contributed by atoms with Crippen molar-refractivity contribution in [1.82, 2.24) is 5.48 Å². The van der Waals surface area contributed by atoms with Gasteiger partial charge in [-0.15, -0.1) is 0 Å². The minimum atomic E-state index is -0.654. The lowest BCUT2D eigenvalue weighted by molar-refractivity contribution is -0.118. The van der Waals surface area contributed by atoms with Crippen molar-refractivity contribution in [2.24, 2.45) is 16.8 Å². The third kappa shape index (κ3) is 3.99. The van der Waals surface area contributed by atoms with E-state index in [4.69, 9.17) is 16.1 Å². The fraction of sp³-hybridized carbons (Fsp3) is 0.250. The molecule has 9 heteroatoms. The highest BCUT2D eigenvalue weighted by molar-refractivity contribution is 6.05. The van der Waals surface area contributed by atoms with E-state index in [2.05, 4.69) is 10.5 Å². The monoisotopic (exact) mass is 397 g/mol. The summed E-state index contributed by atoms with van der Waals surface area (Å²) in [6.45, 7) is 4.39.